The number of nitriles is 1. The maximum absolute atomic E-state index is 11.1. The van der Waals surface area contributed by atoms with Crippen LogP contribution in [0.4, 0.5) is 0 Å². The lowest BCUT2D eigenvalue weighted by molar-refractivity contribution is -0.113. The van der Waals surface area contributed by atoms with Gasteiger partial charge in [0.05, 0.1) is 23.4 Å². The summed E-state index contributed by atoms with van der Waals surface area (Å²) in [5.41, 5.74) is 11.9. The standard InChI is InChI=1S/C29H24ClN3O2/c1-3-21(22-14-13-20(35-2)16-25(22)30)28(19-11-8-18(9-12-19)10-15-27(32)34)29-24(17-31)23-6-4-5-7-26(23)33-29/h4-16,33H,3H2,1-2H3,(H2,32,34)/b15-10+,28-21+. The minimum atomic E-state index is -0.506. The quantitative estimate of drug-likeness (QED) is 0.231. The van der Waals surface area contributed by atoms with Gasteiger partial charge in [0.25, 0.3) is 0 Å². The van der Waals surface area contributed by atoms with Crippen LogP contribution in [-0.2, 0) is 4.79 Å². The summed E-state index contributed by atoms with van der Waals surface area (Å²) >= 11 is 6.71. The average Bonchev–Trinajstić information content (AvgIpc) is 3.24. The van der Waals surface area contributed by atoms with Gasteiger partial charge in [-0.1, -0.05) is 61.0 Å². The van der Waals surface area contributed by atoms with Crippen molar-refractivity contribution in [1.82, 2.24) is 4.98 Å². The molecule has 4 rings (SSSR count). The van der Waals surface area contributed by atoms with E-state index in [1.165, 1.54) is 6.08 Å². The van der Waals surface area contributed by atoms with E-state index in [1.54, 1.807) is 19.3 Å². The van der Waals surface area contributed by atoms with Crippen LogP contribution in [0.3, 0.4) is 0 Å². The molecule has 3 N–H and O–H groups in total. The van der Waals surface area contributed by atoms with Gasteiger partial charge in [0, 0.05) is 22.6 Å². The number of amides is 1. The van der Waals surface area contributed by atoms with E-state index in [9.17, 15) is 10.1 Å². The number of allylic oxidation sites excluding steroid dienone is 1. The Hall–Kier alpha value is -4.27. The number of benzene rings is 3. The van der Waals surface area contributed by atoms with E-state index in [1.807, 2.05) is 60.7 Å². The number of aromatic amines is 1. The van der Waals surface area contributed by atoms with Gasteiger partial charge < -0.3 is 15.5 Å². The molecule has 1 heterocycles. The fourth-order valence-electron chi connectivity index (χ4n) is 4.22. The number of nitrogens with two attached hydrogens (primary N) is 1. The van der Waals surface area contributed by atoms with E-state index in [2.05, 4.69) is 18.0 Å². The molecule has 6 heteroatoms. The molecule has 4 aromatic rings. The number of fused-ring (bicyclic) bond motifs is 1. The van der Waals surface area contributed by atoms with Crippen molar-refractivity contribution in [3.8, 4) is 11.8 Å². The molecular weight excluding hydrogens is 458 g/mol. The summed E-state index contributed by atoms with van der Waals surface area (Å²) in [7, 11) is 1.60. The van der Waals surface area contributed by atoms with Crippen LogP contribution in [0.15, 0.2) is 72.8 Å². The Bertz CT molecular complexity index is 1510. The minimum absolute atomic E-state index is 0.506. The molecule has 0 bridgehead atoms. The summed E-state index contributed by atoms with van der Waals surface area (Å²) in [5, 5.41) is 11.6. The van der Waals surface area contributed by atoms with Crippen molar-refractivity contribution in [2.45, 2.75) is 13.3 Å². The molecule has 0 aliphatic carbocycles. The zero-order valence-corrected chi connectivity index (χ0v) is 20.2. The second-order valence-corrected chi connectivity index (χ2v) is 8.35. The summed E-state index contributed by atoms with van der Waals surface area (Å²) in [4.78, 5) is 14.6. The lowest BCUT2D eigenvalue weighted by Crippen LogP contribution is -2.05. The Morgan fingerprint density at radius 1 is 1.14 bits per heavy atom. The summed E-state index contributed by atoms with van der Waals surface area (Å²) in [6, 6.07) is 23.5. The first-order valence-corrected chi connectivity index (χ1v) is 11.5. The van der Waals surface area contributed by atoms with Crippen molar-refractivity contribution < 1.29 is 9.53 Å². The number of hydrogen-bond acceptors (Lipinski definition) is 3. The van der Waals surface area contributed by atoms with Crippen LogP contribution in [0.25, 0.3) is 28.1 Å². The van der Waals surface area contributed by atoms with E-state index in [0.29, 0.717) is 22.8 Å². The van der Waals surface area contributed by atoms with Crippen LogP contribution in [0.1, 0.15) is 41.3 Å². The number of rotatable bonds is 7. The van der Waals surface area contributed by atoms with Gasteiger partial charge in [-0.25, -0.2) is 0 Å². The second kappa shape index (κ2) is 10.3. The van der Waals surface area contributed by atoms with Gasteiger partial charge in [-0.2, -0.15) is 5.26 Å². The molecule has 1 amide bonds. The highest BCUT2D eigenvalue weighted by Gasteiger charge is 2.21. The highest BCUT2D eigenvalue weighted by Crippen LogP contribution is 2.40. The van der Waals surface area contributed by atoms with Crippen molar-refractivity contribution >= 4 is 45.6 Å². The van der Waals surface area contributed by atoms with Gasteiger partial charge >= 0.3 is 0 Å². The van der Waals surface area contributed by atoms with Gasteiger partial charge in [0.15, 0.2) is 0 Å². The maximum Gasteiger partial charge on any atom is 0.241 e. The summed E-state index contributed by atoms with van der Waals surface area (Å²) in [6.07, 6.45) is 3.66. The molecule has 0 spiro atoms. The fourth-order valence-corrected chi connectivity index (χ4v) is 4.51. The Labute approximate surface area is 209 Å². The topological polar surface area (TPSA) is 91.9 Å². The van der Waals surface area contributed by atoms with Crippen molar-refractivity contribution in [3.05, 3.63) is 106 Å². The van der Waals surface area contributed by atoms with Gasteiger partial charge in [0.2, 0.25) is 5.91 Å². The number of ether oxygens (including phenoxy) is 1. The van der Waals surface area contributed by atoms with Crippen LogP contribution in [0, 0.1) is 11.3 Å². The van der Waals surface area contributed by atoms with Crippen molar-refractivity contribution in [1.29, 1.82) is 5.26 Å². The first kappa shape index (κ1) is 23.9. The van der Waals surface area contributed by atoms with Gasteiger partial charge in [0.1, 0.15) is 11.8 Å². The van der Waals surface area contributed by atoms with Crippen molar-refractivity contribution in [2.75, 3.05) is 7.11 Å². The smallest absolute Gasteiger partial charge is 0.241 e. The first-order valence-electron chi connectivity index (χ1n) is 11.1. The molecule has 3 aromatic carbocycles. The predicted molar refractivity (Wildman–Crippen MR) is 142 cm³/mol. The number of nitrogens with one attached hydrogen (secondary N) is 1. The monoisotopic (exact) mass is 481 g/mol. The predicted octanol–water partition coefficient (Wildman–Crippen LogP) is 6.57. The zero-order chi connectivity index (χ0) is 24.9. The number of aromatic nitrogens is 1. The number of methoxy groups -OCH3 is 1. The molecule has 0 unspecified atom stereocenters. The van der Waals surface area contributed by atoms with Crippen LogP contribution in [0.2, 0.25) is 5.02 Å². The summed E-state index contributed by atoms with van der Waals surface area (Å²) in [5.74, 6) is 0.165. The number of primary amides is 1. The van der Waals surface area contributed by atoms with Crippen LogP contribution < -0.4 is 10.5 Å². The Balaban J connectivity index is 2.01. The third-order valence-corrected chi connectivity index (χ3v) is 6.18. The molecule has 0 atom stereocenters. The van der Waals surface area contributed by atoms with E-state index in [0.717, 1.165) is 44.4 Å². The number of para-hydroxylation sites is 1. The first-order chi connectivity index (χ1) is 17.0. The van der Waals surface area contributed by atoms with Gasteiger partial charge in [-0.05, 0) is 59.0 Å². The molecule has 174 valence electrons. The van der Waals surface area contributed by atoms with Crippen molar-refractivity contribution in [2.24, 2.45) is 5.73 Å². The van der Waals surface area contributed by atoms with E-state index < -0.39 is 5.91 Å². The SMILES string of the molecule is CC/C(=C(/c1ccc(/C=C/C(N)=O)cc1)c1[nH]c2ccccc2c1C#N)c1ccc(OC)cc1Cl. The molecule has 0 fully saturated rings. The number of hydrogen-bond donors (Lipinski definition) is 2. The number of H-pyrrole nitrogens is 1. The third kappa shape index (κ3) is 4.84. The van der Waals surface area contributed by atoms with Crippen LogP contribution >= 0.6 is 11.6 Å². The lowest BCUT2D eigenvalue weighted by Gasteiger charge is -2.17. The largest absolute Gasteiger partial charge is 0.497 e. The van der Waals surface area contributed by atoms with E-state index >= 15 is 0 Å². The summed E-state index contributed by atoms with van der Waals surface area (Å²) in [6.45, 7) is 2.06. The maximum atomic E-state index is 11.1. The highest BCUT2D eigenvalue weighted by molar-refractivity contribution is 6.33. The van der Waals surface area contributed by atoms with Gasteiger partial charge in [-0.3, -0.25) is 4.79 Å². The molecule has 35 heavy (non-hydrogen) atoms. The molecule has 0 aliphatic rings. The molecule has 5 nitrogen and oxygen atoms in total. The van der Waals surface area contributed by atoms with Gasteiger partial charge in [-0.15, -0.1) is 0 Å². The molecular formula is C29H24ClN3O2. The molecule has 1 aromatic heterocycles. The number of carbonyl (C=O) groups excluding carboxylic acids is 1. The highest BCUT2D eigenvalue weighted by atomic mass is 35.5. The summed E-state index contributed by atoms with van der Waals surface area (Å²) < 4.78 is 5.33. The molecule has 0 aliphatic heterocycles. The second-order valence-electron chi connectivity index (χ2n) is 7.94. The minimum Gasteiger partial charge on any atom is -0.497 e. The van der Waals surface area contributed by atoms with Crippen LogP contribution in [-0.4, -0.2) is 18.0 Å². The molecule has 0 saturated carbocycles. The Kier molecular flexibility index (Phi) is 7.05. The Morgan fingerprint density at radius 3 is 2.51 bits per heavy atom. The number of carbonyl (C=O) groups is 1. The third-order valence-electron chi connectivity index (χ3n) is 5.86. The van der Waals surface area contributed by atoms with Crippen LogP contribution in [0.5, 0.6) is 5.75 Å². The Morgan fingerprint density at radius 2 is 1.89 bits per heavy atom. The van der Waals surface area contributed by atoms with Crippen molar-refractivity contribution in [3.63, 3.8) is 0 Å². The fraction of sp³-hybridized carbons (Fsp3) is 0.103. The number of nitrogens with zero attached hydrogens (tertiary/aromatic N) is 1. The average molecular weight is 482 g/mol. The zero-order valence-electron chi connectivity index (χ0n) is 19.4. The molecule has 0 saturated heterocycles. The van der Waals surface area contributed by atoms with E-state index in [4.69, 9.17) is 22.1 Å². The van der Waals surface area contributed by atoms with E-state index in [-0.39, 0.29) is 0 Å². The molecule has 0 radical (unpaired) electrons. The number of halogens is 1. The normalized spacial score (nSPS) is 11.9. The lowest BCUT2D eigenvalue weighted by atomic mass is 9.89.